The van der Waals surface area contributed by atoms with Gasteiger partial charge in [-0.1, -0.05) is 40.9 Å². The second-order valence-corrected chi connectivity index (χ2v) is 12.6. The zero-order chi connectivity index (χ0) is 29.9. The lowest BCUT2D eigenvalue weighted by atomic mass is 10.2. The van der Waals surface area contributed by atoms with E-state index in [0.29, 0.717) is 21.8 Å². The van der Waals surface area contributed by atoms with Gasteiger partial charge in [0.2, 0.25) is 5.13 Å². The number of hydrogen-bond donors (Lipinski definition) is 0. The lowest BCUT2D eigenvalue weighted by Crippen LogP contribution is -2.31. The molecule has 11 nitrogen and oxygen atoms in total. The molecule has 214 valence electrons. The summed E-state index contributed by atoms with van der Waals surface area (Å²) in [6.45, 7) is 1.97. The van der Waals surface area contributed by atoms with Gasteiger partial charge in [-0.2, -0.15) is 10.1 Å². The number of hydrazone groups is 1. The highest BCUT2D eigenvalue weighted by atomic mass is 32.2. The highest BCUT2D eigenvalue weighted by Gasteiger charge is 2.26. The number of thiophene rings is 1. The summed E-state index contributed by atoms with van der Waals surface area (Å²) >= 11 is 2.12. The van der Waals surface area contributed by atoms with E-state index in [1.54, 1.807) is 62.6 Å². The van der Waals surface area contributed by atoms with Gasteiger partial charge in [0.25, 0.3) is 15.9 Å². The summed E-state index contributed by atoms with van der Waals surface area (Å²) in [6, 6.07) is 22.5. The zero-order valence-electron chi connectivity index (χ0n) is 22.3. The maximum atomic E-state index is 13.7. The Morgan fingerprint density at radius 1 is 1.05 bits per heavy atom. The van der Waals surface area contributed by atoms with Crippen LogP contribution in [-0.4, -0.2) is 44.1 Å². The monoisotopic (exact) mass is 621 g/mol. The number of carbonyl (C=O) groups excluding carboxylic acids is 1. The van der Waals surface area contributed by atoms with E-state index in [0.717, 1.165) is 21.0 Å². The highest BCUT2D eigenvalue weighted by molar-refractivity contribution is 7.92. The van der Waals surface area contributed by atoms with E-state index in [4.69, 9.17) is 4.74 Å². The molecule has 2 aromatic heterocycles. The number of aromatic nitrogens is 1. The average Bonchev–Trinajstić information content (AvgIpc) is 3.65. The van der Waals surface area contributed by atoms with E-state index in [9.17, 15) is 23.3 Å². The fourth-order valence-electron chi connectivity index (χ4n) is 4.03. The summed E-state index contributed by atoms with van der Waals surface area (Å²) in [5.74, 6) is 0.0566. The first kappa shape index (κ1) is 28.9. The Morgan fingerprint density at radius 3 is 2.43 bits per heavy atom. The summed E-state index contributed by atoms with van der Waals surface area (Å²) in [6.07, 6.45) is 1.35. The first-order valence-corrected chi connectivity index (χ1v) is 15.5. The lowest BCUT2D eigenvalue weighted by Gasteiger charge is -2.23. The molecule has 0 saturated heterocycles. The molecule has 42 heavy (non-hydrogen) atoms. The first-order valence-electron chi connectivity index (χ1n) is 12.5. The normalized spacial score (nSPS) is 11.6. The highest BCUT2D eigenvalue weighted by Crippen LogP contribution is 2.33. The van der Waals surface area contributed by atoms with Gasteiger partial charge >= 0.3 is 5.00 Å². The number of nitro groups is 1. The lowest BCUT2D eigenvalue weighted by molar-refractivity contribution is -0.380. The number of ether oxygens (including phenoxy) is 1. The summed E-state index contributed by atoms with van der Waals surface area (Å²) in [5, 5.41) is 16.7. The molecule has 0 aliphatic carbocycles. The van der Waals surface area contributed by atoms with Crippen molar-refractivity contribution < 1.29 is 22.9 Å². The number of hydrogen-bond acceptors (Lipinski definition) is 10. The van der Waals surface area contributed by atoms with Crippen molar-refractivity contribution in [2.75, 3.05) is 23.0 Å². The van der Waals surface area contributed by atoms with Crippen LogP contribution in [0.15, 0.2) is 94.9 Å². The molecule has 0 saturated carbocycles. The van der Waals surface area contributed by atoms with Crippen LogP contribution in [0.4, 0.5) is 15.8 Å². The molecular formula is C28H23N5O6S3. The smallest absolute Gasteiger partial charge is 0.324 e. The number of benzene rings is 3. The molecule has 2 heterocycles. The second kappa shape index (κ2) is 12.1. The van der Waals surface area contributed by atoms with Gasteiger partial charge in [0, 0.05) is 18.2 Å². The SMILES string of the molecule is CCN(c1ccccc1)S(=O)(=O)c1ccc(C(=O)N(/N=C/c2ccc([N+](=O)[O-])s2)c2nc3ccc(OC)cc3s2)cc1. The molecule has 0 fully saturated rings. The molecule has 14 heteroatoms. The topological polar surface area (TPSA) is 135 Å². The van der Waals surface area contributed by atoms with Crippen molar-refractivity contribution in [2.24, 2.45) is 5.10 Å². The molecule has 0 bridgehead atoms. The molecule has 0 spiro atoms. The van der Waals surface area contributed by atoms with Crippen molar-refractivity contribution in [1.82, 2.24) is 4.98 Å². The summed E-state index contributed by atoms with van der Waals surface area (Å²) < 4.78 is 34.1. The minimum Gasteiger partial charge on any atom is -0.497 e. The molecule has 5 rings (SSSR count). The van der Waals surface area contributed by atoms with Gasteiger partial charge in [-0.05, 0) is 67.6 Å². The summed E-state index contributed by atoms with van der Waals surface area (Å²) in [5.41, 5.74) is 1.32. The van der Waals surface area contributed by atoms with Gasteiger partial charge in [0.05, 0.1) is 43.9 Å². The van der Waals surface area contributed by atoms with E-state index in [1.165, 1.54) is 58.3 Å². The molecule has 0 atom stereocenters. The number of anilines is 2. The molecule has 0 unspecified atom stereocenters. The molecule has 0 aliphatic rings. The van der Waals surface area contributed by atoms with Crippen molar-refractivity contribution >= 4 is 70.9 Å². The molecule has 0 N–H and O–H groups in total. The number of para-hydroxylation sites is 1. The molecule has 0 radical (unpaired) electrons. The summed E-state index contributed by atoms with van der Waals surface area (Å²) in [4.78, 5) is 29.4. The van der Waals surface area contributed by atoms with Crippen LogP contribution in [0.3, 0.4) is 0 Å². The van der Waals surface area contributed by atoms with E-state index < -0.39 is 20.9 Å². The number of nitrogens with zero attached hydrogens (tertiary/aromatic N) is 5. The number of amides is 1. The Hall–Kier alpha value is -4.66. The van der Waals surface area contributed by atoms with E-state index in [-0.39, 0.29) is 27.1 Å². The van der Waals surface area contributed by atoms with Crippen molar-refractivity contribution in [1.29, 1.82) is 0 Å². The Morgan fingerprint density at radius 2 is 1.79 bits per heavy atom. The fourth-order valence-corrected chi connectivity index (χ4v) is 7.14. The maximum Gasteiger partial charge on any atom is 0.324 e. The van der Waals surface area contributed by atoms with Crippen LogP contribution in [0.5, 0.6) is 5.75 Å². The first-order chi connectivity index (χ1) is 20.2. The van der Waals surface area contributed by atoms with Gasteiger partial charge in [-0.25, -0.2) is 13.4 Å². The number of fused-ring (bicyclic) bond motifs is 1. The maximum absolute atomic E-state index is 13.7. The van der Waals surface area contributed by atoms with Gasteiger partial charge in [-0.3, -0.25) is 19.2 Å². The van der Waals surface area contributed by atoms with Gasteiger partial charge < -0.3 is 4.74 Å². The predicted octanol–water partition coefficient (Wildman–Crippen LogP) is 6.17. The number of sulfonamides is 1. The number of carbonyl (C=O) groups is 1. The van der Waals surface area contributed by atoms with Crippen molar-refractivity contribution in [3.05, 3.63) is 105 Å². The average molecular weight is 622 g/mol. The molecule has 1 amide bonds. The van der Waals surface area contributed by atoms with E-state index in [1.807, 2.05) is 0 Å². The molecule has 0 aliphatic heterocycles. The number of thiazole rings is 1. The third-order valence-electron chi connectivity index (χ3n) is 6.07. The predicted molar refractivity (Wildman–Crippen MR) is 165 cm³/mol. The minimum atomic E-state index is -3.89. The van der Waals surface area contributed by atoms with Crippen LogP contribution in [0.25, 0.3) is 10.2 Å². The fraction of sp³-hybridized carbons (Fsp3) is 0.107. The van der Waals surface area contributed by atoms with Crippen LogP contribution >= 0.6 is 22.7 Å². The van der Waals surface area contributed by atoms with Crippen LogP contribution in [0.1, 0.15) is 22.2 Å². The van der Waals surface area contributed by atoms with Crippen molar-refractivity contribution in [2.45, 2.75) is 11.8 Å². The van der Waals surface area contributed by atoms with Crippen LogP contribution in [0.2, 0.25) is 0 Å². The van der Waals surface area contributed by atoms with Crippen LogP contribution in [0, 0.1) is 10.1 Å². The summed E-state index contributed by atoms with van der Waals surface area (Å²) in [7, 11) is -2.34. The third-order valence-corrected chi connectivity index (χ3v) is 9.95. The third kappa shape index (κ3) is 5.86. The van der Waals surface area contributed by atoms with E-state index >= 15 is 0 Å². The van der Waals surface area contributed by atoms with Crippen molar-refractivity contribution in [3.63, 3.8) is 0 Å². The van der Waals surface area contributed by atoms with Crippen LogP contribution in [-0.2, 0) is 10.0 Å². The van der Waals surface area contributed by atoms with E-state index in [2.05, 4.69) is 10.1 Å². The Bertz CT molecular complexity index is 1890. The minimum absolute atomic E-state index is 0.0257. The Balaban J connectivity index is 1.49. The van der Waals surface area contributed by atoms with Gasteiger partial charge in [-0.15, -0.1) is 0 Å². The Kier molecular flexibility index (Phi) is 8.29. The van der Waals surface area contributed by atoms with Gasteiger partial charge in [0.1, 0.15) is 5.75 Å². The second-order valence-electron chi connectivity index (χ2n) is 8.65. The quantitative estimate of drug-likeness (QED) is 0.103. The Labute approximate surface area is 249 Å². The largest absolute Gasteiger partial charge is 0.497 e. The van der Waals surface area contributed by atoms with Gasteiger partial charge in [0.15, 0.2) is 0 Å². The van der Waals surface area contributed by atoms with Crippen molar-refractivity contribution in [3.8, 4) is 5.75 Å². The van der Waals surface area contributed by atoms with Crippen LogP contribution < -0.4 is 14.1 Å². The zero-order valence-corrected chi connectivity index (χ0v) is 24.7. The molecule has 5 aromatic rings. The molecular weight excluding hydrogens is 599 g/mol. The number of methoxy groups -OCH3 is 1. The molecule has 3 aromatic carbocycles. The standard InChI is InChI=1S/C28H23N5O6S3/c1-3-31(20-7-5-4-6-8-20)42(37,38)23-13-9-19(10-14-23)27(34)32(29-18-22-12-16-26(40-22)33(35)36)28-30-24-15-11-21(39-2)17-25(24)41-28/h4-18H,3H2,1-2H3/b29-18+. The number of rotatable bonds is 10.